The lowest BCUT2D eigenvalue weighted by Crippen LogP contribution is -2.17. The smallest absolute Gasteiger partial charge is 0.241 e. The number of rotatable bonds is 3. The highest BCUT2D eigenvalue weighted by Crippen LogP contribution is 2.37. The van der Waals surface area contributed by atoms with Crippen LogP contribution in [0.5, 0.6) is 5.88 Å². The molecule has 1 saturated carbocycles. The molecule has 7 nitrogen and oxygen atoms in total. The average Bonchev–Trinajstić information content (AvgIpc) is 3.15. The van der Waals surface area contributed by atoms with Crippen molar-refractivity contribution in [3.63, 3.8) is 0 Å². The van der Waals surface area contributed by atoms with E-state index in [9.17, 15) is 0 Å². The van der Waals surface area contributed by atoms with E-state index in [-0.39, 0.29) is 0 Å². The van der Waals surface area contributed by atoms with Crippen molar-refractivity contribution in [1.82, 2.24) is 29.1 Å². The van der Waals surface area contributed by atoms with Gasteiger partial charge < -0.3 is 9.30 Å². The summed E-state index contributed by atoms with van der Waals surface area (Å²) in [4.78, 5) is 13.5. The van der Waals surface area contributed by atoms with Crippen LogP contribution in [0.15, 0.2) is 30.9 Å². The van der Waals surface area contributed by atoms with Crippen molar-refractivity contribution in [2.75, 3.05) is 7.11 Å². The lowest BCUT2D eigenvalue weighted by Gasteiger charge is -2.28. The minimum absolute atomic E-state index is 0.547. The zero-order chi connectivity index (χ0) is 17.0. The van der Waals surface area contributed by atoms with Gasteiger partial charge in [0.1, 0.15) is 17.7 Å². The summed E-state index contributed by atoms with van der Waals surface area (Å²) in [6, 6.07) is 4.74. The summed E-state index contributed by atoms with van der Waals surface area (Å²) in [6.07, 6.45) is 8.98. The van der Waals surface area contributed by atoms with E-state index in [1.165, 1.54) is 25.6 Å². The number of hydrogen-bond acceptors (Lipinski definition) is 5. The van der Waals surface area contributed by atoms with Gasteiger partial charge in [0.05, 0.1) is 12.6 Å². The first kappa shape index (κ1) is 14.4. The Bertz CT molecular complexity index is 1090. The molecule has 1 fully saturated rings. The van der Waals surface area contributed by atoms with E-state index < -0.39 is 0 Å². The molecule has 0 bridgehead atoms. The number of aromatic nitrogens is 6. The van der Waals surface area contributed by atoms with Gasteiger partial charge in [-0.1, -0.05) is 0 Å². The molecule has 0 aromatic carbocycles. The molecule has 25 heavy (non-hydrogen) atoms. The number of imidazole rings is 1. The van der Waals surface area contributed by atoms with Gasteiger partial charge in [0.2, 0.25) is 5.88 Å². The lowest BCUT2D eigenvalue weighted by molar-refractivity contribution is 0.316. The molecule has 5 rings (SSSR count). The predicted molar refractivity (Wildman–Crippen MR) is 93.7 cm³/mol. The number of hydrogen-bond donors (Lipinski definition) is 0. The van der Waals surface area contributed by atoms with Crippen molar-refractivity contribution >= 4 is 16.7 Å². The zero-order valence-corrected chi connectivity index (χ0v) is 14.2. The van der Waals surface area contributed by atoms with E-state index in [0.29, 0.717) is 11.9 Å². The maximum absolute atomic E-state index is 5.42. The van der Waals surface area contributed by atoms with Crippen molar-refractivity contribution in [3.8, 4) is 17.0 Å². The zero-order valence-electron chi connectivity index (χ0n) is 14.2. The summed E-state index contributed by atoms with van der Waals surface area (Å²) in [6.45, 7) is 2.06. The highest BCUT2D eigenvalue weighted by atomic mass is 16.5. The van der Waals surface area contributed by atoms with Gasteiger partial charge in [0.25, 0.3) is 0 Å². The summed E-state index contributed by atoms with van der Waals surface area (Å²) in [7, 11) is 1.62. The molecule has 4 aromatic rings. The maximum Gasteiger partial charge on any atom is 0.241 e. The number of aryl methyl sites for hydroxylation is 1. The minimum atomic E-state index is 0.547. The summed E-state index contributed by atoms with van der Waals surface area (Å²) in [5, 5.41) is 4.26. The maximum atomic E-state index is 5.42. The molecule has 0 spiro atoms. The fourth-order valence-corrected chi connectivity index (χ4v) is 3.65. The number of nitrogens with zero attached hydrogens (tertiary/aromatic N) is 6. The van der Waals surface area contributed by atoms with E-state index in [4.69, 9.17) is 4.74 Å². The Kier molecular flexibility index (Phi) is 3.03. The minimum Gasteiger partial charge on any atom is -0.479 e. The topological polar surface area (TPSA) is 70.1 Å². The summed E-state index contributed by atoms with van der Waals surface area (Å²) >= 11 is 0. The SMILES string of the molecule is COc1ncnn2ccc(-c3cnc4nc(C)n(C5CCC5)c4c3)c12. The number of fused-ring (bicyclic) bond motifs is 2. The molecule has 1 aliphatic rings. The highest BCUT2D eigenvalue weighted by Gasteiger charge is 2.24. The van der Waals surface area contributed by atoms with Crippen LogP contribution in [-0.4, -0.2) is 36.2 Å². The van der Waals surface area contributed by atoms with Gasteiger partial charge >= 0.3 is 0 Å². The molecular weight excluding hydrogens is 316 g/mol. The van der Waals surface area contributed by atoms with Crippen molar-refractivity contribution in [2.24, 2.45) is 0 Å². The van der Waals surface area contributed by atoms with Crippen LogP contribution in [0.3, 0.4) is 0 Å². The largest absolute Gasteiger partial charge is 0.479 e. The Hall–Kier alpha value is -2.96. The van der Waals surface area contributed by atoms with Crippen LogP contribution in [0, 0.1) is 6.92 Å². The van der Waals surface area contributed by atoms with Gasteiger partial charge in [-0.3, -0.25) is 0 Å². The van der Waals surface area contributed by atoms with Crippen molar-refractivity contribution in [1.29, 1.82) is 0 Å². The summed E-state index contributed by atoms with van der Waals surface area (Å²) in [5.74, 6) is 1.59. The van der Waals surface area contributed by atoms with Gasteiger partial charge in [-0.2, -0.15) is 10.1 Å². The first-order chi connectivity index (χ1) is 12.3. The number of methoxy groups -OCH3 is 1. The highest BCUT2D eigenvalue weighted by molar-refractivity contribution is 5.87. The van der Waals surface area contributed by atoms with Crippen molar-refractivity contribution in [2.45, 2.75) is 32.2 Å². The van der Waals surface area contributed by atoms with Crippen LogP contribution in [0.1, 0.15) is 31.1 Å². The standard InChI is InChI=1S/C18H18N6O/c1-11-22-17-15(24(11)13-4-3-5-13)8-12(9-19-17)14-6-7-23-16(14)18(25-2)20-10-21-23/h6-10,13H,3-5H2,1-2H3. The second-order valence-electron chi connectivity index (χ2n) is 6.47. The van der Waals surface area contributed by atoms with E-state index in [1.54, 1.807) is 11.6 Å². The van der Waals surface area contributed by atoms with Gasteiger partial charge in [-0.25, -0.2) is 14.5 Å². The summed E-state index contributed by atoms with van der Waals surface area (Å²) in [5.41, 5.74) is 4.77. The molecule has 0 atom stereocenters. The van der Waals surface area contributed by atoms with Crippen molar-refractivity contribution < 1.29 is 4.74 Å². The molecule has 0 saturated heterocycles. The van der Waals surface area contributed by atoms with E-state index in [0.717, 1.165) is 33.6 Å². The van der Waals surface area contributed by atoms with E-state index in [1.807, 2.05) is 18.5 Å². The third kappa shape index (κ3) is 2.05. The quantitative estimate of drug-likeness (QED) is 0.575. The van der Waals surface area contributed by atoms with Crippen LogP contribution in [0.2, 0.25) is 0 Å². The van der Waals surface area contributed by atoms with Crippen LogP contribution in [-0.2, 0) is 0 Å². The third-order valence-corrected chi connectivity index (χ3v) is 5.09. The molecule has 0 N–H and O–H groups in total. The first-order valence-corrected chi connectivity index (χ1v) is 8.47. The van der Waals surface area contributed by atoms with E-state index in [2.05, 4.69) is 37.6 Å². The third-order valence-electron chi connectivity index (χ3n) is 5.09. The normalized spacial score (nSPS) is 15.0. The fourth-order valence-electron chi connectivity index (χ4n) is 3.65. The van der Waals surface area contributed by atoms with E-state index >= 15 is 0 Å². The molecule has 7 heteroatoms. The molecular formula is C18H18N6O. The predicted octanol–water partition coefficient (Wildman–Crippen LogP) is 3.18. The van der Waals surface area contributed by atoms with Crippen LogP contribution in [0.4, 0.5) is 0 Å². The molecule has 4 heterocycles. The fraction of sp³-hybridized carbons (Fsp3) is 0.333. The Balaban J connectivity index is 1.74. The van der Waals surface area contributed by atoms with Gasteiger partial charge in [0.15, 0.2) is 5.65 Å². The lowest BCUT2D eigenvalue weighted by atomic mass is 9.92. The number of ether oxygens (including phenoxy) is 1. The van der Waals surface area contributed by atoms with Crippen LogP contribution >= 0.6 is 0 Å². The van der Waals surface area contributed by atoms with Gasteiger partial charge in [-0.15, -0.1) is 0 Å². The monoisotopic (exact) mass is 334 g/mol. The Morgan fingerprint density at radius 2 is 2.12 bits per heavy atom. The molecule has 0 unspecified atom stereocenters. The Morgan fingerprint density at radius 3 is 2.88 bits per heavy atom. The molecule has 0 radical (unpaired) electrons. The molecule has 0 aliphatic heterocycles. The molecule has 0 amide bonds. The second kappa shape index (κ2) is 5.27. The van der Waals surface area contributed by atoms with Gasteiger partial charge in [0, 0.05) is 29.6 Å². The first-order valence-electron chi connectivity index (χ1n) is 8.47. The van der Waals surface area contributed by atoms with Crippen LogP contribution in [0.25, 0.3) is 27.8 Å². The summed E-state index contributed by atoms with van der Waals surface area (Å²) < 4.78 is 9.53. The molecule has 126 valence electrons. The van der Waals surface area contributed by atoms with Crippen molar-refractivity contribution in [3.05, 3.63) is 36.7 Å². The van der Waals surface area contributed by atoms with Gasteiger partial charge in [-0.05, 0) is 38.3 Å². The molecule has 1 aliphatic carbocycles. The van der Waals surface area contributed by atoms with Crippen LogP contribution < -0.4 is 4.74 Å². The Labute approximate surface area is 144 Å². The second-order valence-corrected chi connectivity index (χ2v) is 6.47. The Morgan fingerprint density at radius 1 is 1.24 bits per heavy atom. The average molecular weight is 334 g/mol. The number of pyridine rings is 1. The molecule has 4 aromatic heterocycles.